The number of halogens is 2. The number of aromatic nitrogens is 2. The quantitative estimate of drug-likeness (QED) is 0.631. The van der Waals surface area contributed by atoms with E-state index in [9.17, 15) is 5.11 Å². The highest BCUT2D eigenvalue weighted by molar-refractivity contribution is 6.76. The summed E-state index contributed by atoms with van der Waals surface area (Å²) in [7, 11) is -1.09. The Kier molecular flexibility index (Phi) is 5.32. The third-order valence-electron chi connectivity index (χ3n) is 3.31. The first-order valence-corrected chi connectivity index (χ1v) is 11.3. The van der Waals surface area contributed by atoms with Gasteiger partial charge in [-0.15, -0.1) is 0 Å². The van der Waals surface area contributed by atoms with Crippen LogP contribution in [-0.2, 0) is 18.1 Å². The lowest BCUT2D eigenvalue weighted by atomic mass is 10.1. The van der Waals surface area contributed by atoms with Crippen molar-refractivity contribution in [3.8, 4) is 0 Å². The fourth-order valence-electron chi connectivity index (χ4n) is 2.01. The topological polar surface area (TPSA) is 47.3 Å². The van der Waals surface area contributed by atoms with Crippen LogP contribution in [0.15, 0.2) is 12.3 Å². The summed E-state index contributed by atoms with van der Waals surface area (Å²) in [4.78, 5) is 0. The number of nitrogens with zero attached hydrogens (tertiary/aromatic N) is 2. The van der Waals surface area contributed by atoms with Crippen LogP contribution in [0.25, 0.3) is 10.9 Å². The van der Waals surface area contributed by atoms with E-state index in [-0.39, 0.29) is 6.61 Å². The van der Waals surface area contributed by atoms with Crippen molar-refractivity contribution in [3.63, 3.8) is 0 Å². The van der Waals surface area contributed by atoms with Crippen molar-refractivity contribution in [3.05, 3.63) is 27.9 Å². The Morgan fingerprint density at radius 2 is 2.05 bits per heavy atom. The SMILES string of the molecule is C[Si](C)(C)CCOCn1ncc2c(CO)c(Cl)c(Cl)cc21. The lowest BCUT2D eigenvalue weighted by molar-refractivity contribution is 0.0817. The van der Waals surface area contributed by atoms with Crippen LogP contribution in [0.5, 0.6) is 0 Å². The van der Waals surface area contributed by atoms with E-state index in [0.29, 0.717) is 22.3 Å². The number of hydrogen-bond donors (Lipinski definition) is 1. The number of fused-ring (bicyclic) bond motifs is 1. The molecule has 0 amide bonds. The average Bonchev–Trinajstić information content (AvgIpc) is 2.78. The Morgan fingerprint density at radius 3 is 2.67 bits per heavy atom. The normalized spacial score (nSPS) is 12.3. The molecule has 2 rings (SSSR count). The zero-order chi connectivity index (χ0) is 15.6. The van der Waals surface area contributed by atoms with Gasteiger partial charge in [-0.1, -0.05) is 42.8 Å². The van der Waals surface area contributed by atoms with E-state index < -0.39 is 8.07 Å². The molecule has 0 saturated heterocycles. The fraction of sp³-hybridized carbons (Fsp3) is 0.500. The molecule has 2 aromatic rings. The summed E-state index contributed by atoms with van der Waals surface area (Å²) in [6.45, 7) is 7.87. The molecule has 0 bridgehead atoms. The van der Waals surface area contributed by atoms with E-state index in [1.54, 1.807) is 16.9 Å². The largest absolute Gasteiger partial charge is 0.392 e. The minimum absolute atomic E-state index is 0.169. The Balaban J connectivity index is 2.17. The van der Waals surface area contributed by atoms with E-state index in [2.05, 4.69) is 24.7 Å². The van der Waals surface area contributed by atoms with E-state index in [4.69, 9.17) is 27.9 Å². The monoisotopic (exact) mass is 346 g/mol. The summed E-state index contributed by atoms with van der Waals surface area (Å²) in [5.74, 6) is 0. The van der Waals surface area contributed by atoms with Gasteiger partial charge >= 0.3 is 0 Å². The van der Waals surface area contributed by atoms with Crippen molar-refractivity contribution in [1.29, 1.82) is 0 Å². The van der Waals surface area contributed by atoms with Crippen LogP contribution >= 0.6 is 23.2 Å². The predicted molar refractivity (Wildman–Crippen MR) is 89.8 cm³/mol. The first-order valence-electron chi connectivity index (χ1n) is 6.84. The van der Waals surface area contributed by atoms with E-state index in [0.717, 1.165) is 23.6 Å². The van der Waals surface area contributed by atoms with E-state index >= 15 is 0 Å². The first-order chi connectivity index (χ1) is 9.83. The van der Waals surface area contributed by atoms with Crippen molar-refractivity contribution < 1.29 is 9.84 Å². The van der Waals surface area contributed by atoms with Crippen LogP contribution in [-0.4, -0.2) is 29.6 Å². The summed E-state index contributed by atoms with van der Waals surface area (Å²) >= 11 is 12.2. The van der Waals surface area contributed by atoms with Crippen LogP contribution in [0.3, 0.4) is 0 Å². The molecule has 0 unspecified atom stereocenters. The molecular formula is C14H20Cl2N2O2Si. The molecule has 1 aromatic heterocycles. The maximum atomic E-state index is 9.45. The average molecular weight is 347 g/mol. The van der Waals surface area contributed by atoms with Gasteiger partial charge in [-0.2, -0.15) is 5.10 Å². The van der Waals surface area contributed by atoms with Crippen LogP contribution in [0.2, 0.25) is 35.7 Å². The zero-order valence-corrected chi connectivity index (χ0v) is 15.0. The van der Waals surface area contributed by atoms with Crippen LogP contribution < -0.4 is 0 Å². The second-order valence-corrected chi connectivity index (χ2v) is 12.6. The molecule has 1 aromatic carbocycles. The van der Waals surface area contributed by atoms with Gasteiger partial charge in [0.05, 0.1) is 28.4 Å². The molecule has 0 saturated carbocycles. The van der Waals surface area contributed by atoms with Crippen LogP contribution in [0.1, 0.15) is 5.56 Å². The molecule has 4 nitrogen and oxygen atoms in total. The maximum absolute atomic E-state index is 9.45. The molecule has 0 atom stereocenters. The highest BCUT2D eigenvalue weighted by atomic mass is 35.5. The van der Waals surface area contributed by atoms with Gasteiger partial charge in [0.25, 0.3) is 0 Å². The van der Waals surface area contributed by atoms with Crippen molar-refractivity contribution in [1.82, 2.24) is 9.78 Å². The summed E-state index contributed by atoms with van der Waals surface area (Å²) in [6.07, 6.45) is 1.69. The van der Waals surface area contributed by atoms with Gasteiger partial charge in [0.15, 0.2) is 0 Å². The fourth-order valence-corrected chi connectivity index (χ4v) is 3.20. The predicted octanol–water partition coefficient (Wildman–Crippen LogP) is 4.15. The van der Waals surface area contributed by atoms with Gasteiger partial charge in [0.2, 0.25) is 0 Å². The summed E-state index contributed by atoms with van der Waals surface area (Å²) < 4.78 is 7.44. The minimum atomic E-state index is -1.09. The number of benzene rings is 1. The lowest BCUT2D eigenvalue weighted by Crippen LogP contribution is -2.22. The van der Waals surface area contributed by atoms with E-state index in [1.165, 1.54) is 0 Å². The van der Waals surface area contributed by atoms with Crippen molar-refractivity contribution in [2.24, 2.45) is 0 Å². The smallest absolute Gasteiger partial charge is 0.139 e. The van der Waals surface area contributed by atoms with Gasteiger partial charge in [-0.25, -0.2) is 4.68 Å². The summed E-state index contributed by atoms with van der Waals surface area (Å²) in [5, 5.41) is 15.3. The number of ether oxygens (including phenoxy) is 1. The van der Waals surface area contributed by atoms with Crippen LogP contribution in [0, 0.1) is 0 Å². The summed E-state index contributed by atoms with van der Waals surface area (Å²) in [5.41, 5.74) is 1.42. The number of aliphatic hydroxyl groups is 1. The Morgan fingerprint density at radius 1 is 1.33 bits per heavy atom. The minimum Gasteiger partial charge on any atom is -0.392 e. The molecule has 0 aliphatic heterocycles. The Labute approximate surface area is 135 Å². The number of aliphatic hydroxyl groups excluding tert-OH is 1. The molecule has 1 N–H and O–H groups in total. The molecular weight excluding hydrogens is 327 g/mol. The molecule has 0 radical (unpaired) electrons. The Hall–Kier alpha value is -0.593. The molecule has 7 heteroatoms. The molecule has 21 heavy (non-hydrogen) atoms. The summed E-state index contributed by atoms with van der Waals surface area (Å²) in [6, 6.07) is 2.87. The number of rotatable bonds is 6. The maximum Gasteiger partial charge on any atom is 0.139 e. The second kappa shape index (κ2) is 6.67. The lowest BCUT2D eigenvalue weighted by Gasteiger charge is -2.15. The highest BCUT2D eigenvalue weighted by Crippen LogP contribution is 2.33. The van der Waals surface area contributed by atoms with Gasteiger partial charge in [-0.3, -0.25) is 0 Å². The van der Waals surface area contributed by atoms with Crippen molar-refractivity contribution in [2.75, 3.05) is 6.61 Å². The molecule has 0 aliphatic rings. The third kappa shape index (κ3) is 3.99. The van der Waals surface area contributed by atoms with Gasteiger partial charge in [-0.05, 0) is 12.1 Å². The molecule has 0 fully saturated rings. The van der Waals surface area contributed by atoms with Gasteiger partial charge in [0.1, 0.15) is 6.73 Å². The van der Waals surface area contributed by atoms with Gasteiger partial charge < -0.3 is 9.84 Å². The second-order valence-electron chi connectivity index (χ2n) is 6.23. The Bertz CT molecular complexity index is 638. The third-order valence-corrected chi connectivity index (χ3v) is 5.84. The molecule has 116 valence electrons. The molecule has 1 heterocycles. The first kappa shape index (κ1) is 16.8. The highest BCUT2D eigenvalue weighted by Gasteiger charge is 2.15. The van der Waals surface area contributed by atoms with Gasteiger partial charge in [0, 0.05) is 25.6 Å². The molecule has 0 aliphatic carbocycles. The van der Waals surface area contributed by atoms with Crippen molar-refractivity contribution in [2.45, 2.75) is 39.0 Å². The molecule has 0 spiro atoms. The van der Waals surface area contributed by atoms with Crippen LogP contribution in [0.4, 0.5) is 0 Å². The zero-order valence-electron chi connectivity index (χ0n) is 12.5. The standard InChI is InChI=1S/C14H20Cl2N2O2Si/c1-21(2,3)5-4-20-9-18-13-6-12(15)14(16)11(8-19)10(13)7-17-18/h6-7,19H,4-5,8-9H2,1-3H3. The van der Waals surface area contributed by atoms with Crippen molar-refractivity contribution >= 4 is 42.2 Å². The van der Waals surface area contributed by atoms with E-state index in [1.807, 2.05) is 0 Å². The number of hydrogen-bond acceptors (Lipinski definition) is 3.